The Hall–Kier alpha value is -0.850. The molecule has 0 aliphatic heterocycles. The summed E-state index contributed by atoms with van der Waals surface area (Å²) in [4.78, 5) is 12.0. The summed E-state index contributed by atoms with van der Waals surface area (Å²) in [7, 11) is 0. The Bertz CT molecular complexity index is 504. The Morgan fingerprint density at radius 2 is 2.31 bits per heavy atom. The van der Waals surface area contributed by atoms with Crippen molar-refractivity contribution in [2.75, 3.05) is 0 Å². The zero-order chi connectivity index (χ0) is 11.5. The molecule has 2 aromatic rings. The van der Waals surface area contributed by atoms with E-state index in [1.165, 1.54) is 17.4 Å². The highest BCUT2D eigenvalue weighted by Crippen LogP contribution is 2.25. The molecule has 0 aliphatic rings. The lowest BCUT2D eigenvalue weighted by Gasteiger charge is -1.99. The SMILES string of the molecule is O=C(O)c1cc(OCc2ccc(Br)s2)cs1. The molecular weight excluding hydrogens is 312 g/mol. The zero-order valence-corrected chi connectivity index (χ0v) is 11.2. The molecule has 6 heteroatoms. The Kier molecular flexibility index (Phi) is 3.63. The largest absolute Gasteiger partial charge is 0.487 e. The van der Waals surface area contributed by atoms with Gasteiger partial charge in [-0.15, -0.1) is 22.7 Å². The highest BCUT2D eigenvalue weighted by atomic mass is 79.9. The van der Waals surface area contributed by atoms with Crippen LogP contribution in [0.4, 0.5) is 0 Å². The number of rotatable bonds is 4. The van der Waals surface area contributed by atoms with Crippen LogP contribution in [0, 0.1) is 0 Å². The third-order valence-corrected chi connectivity index (χ3v) is 4.29. The van der Waals surface area contributed by atoms with Crippen LogP contribution in [0.5, 0.6) is 5.75 Å². The highest BCUT2D eigenvalue weighted by molar-refractivity contribution is 9.11. The van der Waals surface area contributed by atoms with E-state index in [9.17, 15) is 4.79 Å². The predicted molar refractivity (Wildman–Crippen MR) is 67.6 cm³/mol. The molecule has 2 aromatic heterocycles. The molecule has 0 unspecified atom stereocenters. The van der Waals surface area contributed by atoms with E-state index in [2.05, 4.69) is 15.9 Å². The third-order valence-electron chi connectivity index (χ3n) is 1.80. The summed E-state index contributed by atoms with van der Waals surface area (Å²) >= 11 is 6.14. The molecule has 2 rings (SSSR count). The van der Waals surface area contributed by atoms with Gasteiger partial charge in [-0.1, -0.05) is 0 Å². The van der Waals surface area contributed by atoms with Crippen LogP contribution in [-0.2, 0) is 6.61 Å². The minimum Gasteiger partial charge on any atom is -0.487 e. The van der Waals surface area contributed by atoms with E-state index >= 15 is 0 Å². The average Bonchev–Trinajstić information content (AvgIpc) is 2.83. The molecule has 3 nitrogen and oxygen atoms in total. The highest BCUT2D eigenvalue weighted by Gasteiger charge is 2.07. The normalized spacial score (nSPS) is 10.3. The minimum absolute atomic E-state index is 0.294. The Morgan fingerprint density at radius 3 is 2.88 bits per heavy atom. The van der Waals surface area contributed by atoms with Gasteiger partial charge in [0, 0.05) is 16.3 Å². The first kappa shape index (κ1) is 11.6. The van der Waals surface area contributed by atoms with Gasteiger partial charge in [0.05, 0.1) is 3.79 Å². The smallest absolute Gasteiger partial charge is 0.346 e. The summed E-state index contributed by atoms with van der Waals surface area (Å²) in [5.74, 6) is -0.314. The molecule has 0 amide bonds. The molecule has 0 fully saturated rings. The van der Waals surface area contributed by atoms with E-state index in [-0.39, 0.29) is 0 Å². The summed E-state index contributed by atoms with van der Waals surface area (Å²) in [6.45, 7) is 0.464. The van der Waals surface area contributed by atoms with Crippen LogP contribution < -0.4 is 4.74 Å². The number of aromatic carboxylic acids is 1. The quantitative estimate of drug-likeness (QED) is 0.931. The van der Waals surface area contributed by atoms with Crippen molar-refractivity contribution >= 4 is 44.6 Å². The van der Waals surface area contributed by atoms with E-state index in [1.54, 1.807) is 16.7 Å². The van der Waals surface area contributed by atoms with Gasteiger partial charge in [-0.2, -0.15) is 0 Å². The van der Waals surface area contributed by atoms with Crippen molar-refractivity contribution < 1.29 is 14.6 Å². The van der Waals surface area contributed by atoms with Gasteiger partial charge in [-0.3, -0.25) is 0 Å². The van der Waals surface area contributed by atoms with E-state index in [0.717, 1.165) is 8.66 Å². The molecule has 1 N–H and O–H groups in total. The second-order valence-corrected chi connectivity index (χ2v) is 6.41. The number of ether oxygens (including phenoxy) is 1. The van der Waals surface area contributed by atoms with Crippen LogP contribution in [0.25, 0.3) is 0 Å². The van der Waals surface area contributed by atoms with Crippen LogP contribution in [0.3, 0.4) is 0 Å². The maximum absolute atomic E-state index is 10.6. The maximum atomic E-state index is 10.6. The molecule has 2 heterocycles. The molecule has 0 aromatic carbocycles. The van der Waals surface area contributed by atoms with Crippen molar-refractivity contribution in [3.8, 4) is 5.75 Å². The first-order valence-corrected chi connectivity index (χ1v) is 6.83. The lowest BCUT2D eigenvalue weighted by atomic mass is 10.4. The zero-order valence-electron chi connectivity index (χ0n) is 7.97. The molecule has 0 spiro atoms. The molecule has 16 heavy (non-hydrogen) atoms. The summed E-state index contributed by atoms with van der Waals surface area (Å²) in [5.41, 5.74) is 0. The van der Waals surface area contributed by atoms with Crippen molar-refractivity contribution in [2.45, 2.75) is 6.61 Å². The van der Waals surface area contributed by atoms with Gasteiger partial charge in [-0.05, 0) is 28.1 Å². The predicted octanol–water partition coefficient (Wildman–Crippen LogP) is 3.85. The molecule has 0 bridgehead atoms. The summed E-state index contributed by atoms with van der Waals surface area (Å²) in [6, 6.07) is 5.47. The van der Waals surface area contributed by atoms with Crippen LogP contribution in [0.1, 0.15) is 14.5 Å². The van der Waals surface area contributed by atoms with Crippen LogP contribution in [0.15, 0.2) is 27.4 Å². The maximum Gasteiger partial charge on any atom is 0.346 e. The number of carboxylic acids is 1. The van der Waals surface area contributed by atoms with Crippen molar-refractivity contribution in [1.82, 2.24) is 0 Å². The molecule has 84 valence electrons. The summed E-state index contributed by atoms with van der Waals surface area (Å²) in [5, 5.41) is 10.4. The average molecular weight is 319 g/mol. The number of hydrogen-bond donors (Lipinski definition) is 1. The lowest BCUT2D eigenvalue weighted by Crippen LogP contribution is -1.92. The molecule has 0 atom stereocenters. The van der Waals surface area contributed by atoms with E-state index in [0.29, 0.717) is 17.2 Å². The Balaban J connectivity index is 1.97. The van der Waals surface area contributed by atoms with Crippen molar-refractivity contribution in [2.24, 2.45) is 0 Å². The fourth-order valence-electron chi connectivity index (χ4n) is 1.09. The first-order chi connectivity index (χ1) is 7.65. The molecule has 0 radical (unpaired) electrons. The van der Waals surface area contributed by atoms with E-state index in [1.807, 2.05) is 12.1 Å². The number of carbonyl (C=O) groups is 1. The Morgan fingerprint density at radius 1 is 1.50 bits per heavy atom. The van der Waals surface area contributed by atoms with Gasteiger partial charge >= 0.3 is 5.97 Å². The number of carboxylic acid groups (broad SMARTS) is 1. The van der Waals surface area contributed by atoms with Gasteiger partial charge in [0.15, 0.2) is 0 Å². The lowest BCUT2D eigenvalue weighted by molar-refractivity contribution is 0.0702. The fraction of sp³-hybridized carbons (Fsp3) is 0.100. The molecule has 0 saturated carbocycles. The second kappa shape index (κ2) is 4.99. The Labute approximate surface area is 108 Å². The number of hydrogen-bond acceptors (Lipinski definition) is 4. The van der Waals surface area contributed by atoms with E-state index in [4.69, 9.17) is 9.84 Å². The van der Waals surface area contributed by atoms with Crippen molar-refractivity contribution in [1.29, 1.82) is 0 Å². The standard InChI is InChI=1S/C10H7BrO3S2/c11-9-2-1-7(16-9)4-14-6-3-8(10(12)13)15-5-6/h1-3,5H,4H2,(H,12,13). The van der Waals surface area contributed by atoms with Gasteiger partial charge < -0.3 is 9.84 Å². The first-order valence-electron chi connectivity index (χ1n) is 4.34. The third kappa shape index (κ3) is 2.84. The minimum atomic E-state index is -0.918. The number of halogens is 1. The monoisotopic (exact) mass is 318 g/mol. The van der Waals surface area contributed by atoms with Gasteiger partial charge in [0.1, 0.15) is 17.2 Å². The second-order valence-electron chi connectivity index (χ2n) is 2.95. The van der Waals surface area contributed by atoms with Gasteiger partial charge in [-0.25, -0.2) is 4.79 Å². The van der Waals surface area contributed by atoms with Crippen molar-refractivity contribution in [3.63, 3.8) is 0 Å². The fourth-order valence-corrected chi connectivity index (χ4v) is 3.15. The molecule has 0 aliphatic carbocycles. The van der Waals surface area contributed by atoms with Crippen molar-refractivity contribution in [3.05, 3.63) is 37.1 Å². The number of thiophene rings is 2. The van der Waals surface area contributed by atoms with Gasteiger partial charge in [0.25, 0.3) is 0 Å². The summed E-state index contributed by atoms with van der Waals surface area (Å²) in [6.07, 6.45) is 0. The molecule has 0 saturated heterocycles. The van der Waals surface area contributed by atoms with E-state index < -0.39 is 5.97 Å². The van der Waals surface area contributed by atoms with Gasteiger partial charge in [0.2, 0.25) is 0 Å². The van der Waals surface area contributed by atoms with Crippen LogP contribution in [-0.4, -0.2) is 11.1 Å². The van der Waals surface area contributed by atoms with Crippen LogP contribution >= 0.6 is 38.6 Å². The van der Waals surface area contributed by atoms with Crippen LogP contribution in [0.2, 0.25) is 0 Å². The topological polar surface area (TPSA) is 46.5 Å². The summed E-state index contributed by atoms with van der Waals surface area (Å²) < 4.78 is 6.53. The molecular formula is C10H7BrO3S2.